The molecule has 0 bridgehead atoms. The highest BCUT2D eigenvalue weighted by Crippen LogP contribution is 2.36. The summed E-state index contributed by atoms with van der Waals surface area (Å²) >= 11 is 1.35. The van der Waals surface area contributed by atoms with Crippen LogP contribution in [0.5, 0.6) is 11.5 Å². The number of hydrogen-bond donors (Lipinski definition) is 1. The molecule has 1 fully saturated rings. The van der Waals surface area contributed by atoms with Crippen LogP contribution < -0.4 is 19.7 Å². The number of anilines is 2. The lowest BCUT2D eigenvalue weighted by molar-refractivity contribution is -0.122. The van der Waals surface area contributed by atoms with Crippen LogP contribution in [0.4, 0.5) is 10.8 Å². The number of hydrogen-bond acceptors (Lipinski definition) is 7. The van der Waals surface area contributed by atoms with Crippen molar-refractivity contribution < 1.29 is 19.1 Å². The fourth-order valence-electron chi connectivity index (χ4n) is 2.91. The van der Waals surface area contributed by atoms with Gasteiger partial charge in [0.15, 0.2) is 0 Å². The van der Waals surface area contributed by atoms with Gasteiger partial charge >= 0.3 is 0 Å². The van der Waals surface area contributed by atoms with E-state index in [1.807, 2.05) is 20.8 Å². The van der Waals surface area contributed by atoms with E-state index in [0.29, 0.717) is 22.3 Å². The van der Waals surface area contributed by atoms with E-state index in [-0.39, 0.29) is 30.2 Å². The minimum atomic E-state index is -0.481. The zero-order valence-corrected chi connectivity index (χ0v) is 17.4. The molecule has 1 atom stereocenters. The molecule has 1 aromatic heterocycles. The SMILES string of the molecule is COc1ccc(OC)c(N2C[C@@H](C(=O)Nc3nnc(C(C)(C)C)s3)CC2=O)c1. The van der Waals surface area contributed by atoms with Crippen LogP contribution in [0, 0.1) is 5.92 Å². The van der Waals surface area contributed by atoms with E-state index < -0.39 is 5.92 Å². The first-order chi connectivity index (χ1) is 13.2. The van der Waals surface area contributed by atoms with E-state index in [1.165, 1.54) is 18.4 Å². The van der Waals surface area contributed by atoms with E-state index in [0.717, 1.165) is 5.01 Å². The van der Waals surface area contributed by atoms with E-state index in [4.69, 9.17) is 9.47 Å². The maximum Gasteiger partial charge on any atom is 0.231 e. The minimum Gasteiger partial charge on any atom is -0.497 e. The van der Waals surface area contributed by atoms with Crippen LogP contribution in [0.1, 0.15) is 32.2 Å². The fourth-order valence-corrected chi connectivity index (χ4v) is 3.71. The molecule has 0 radical (unpaired) electrons. The molecular weight excluding hydrogens is 380 g/mol. The van der Waals surface area contributed by atoms with Crippen molar-refractivity contribution in [2.45, 2.75) is 32.6 Å². The molecule has 1 aromatic carbocycles. The normalized spacial score (nSPS) is 17.0. The molecule has 2 amide bonds. The molecule has 0 spiro atoms. The molecule has 0 saturated carbocycles. The summed E-state index contributed by atoms with van der Waals surface area (Å²) in [7, 11) is 3.10. The van der Waals surface area contributed by atoms with E-state index in [9.17, 15) is 9.59 Å². The van der Waals surface area contributed by atoms with Gasteiger partial charge in [0, 0.05) is 24.4 Å². The van der Waals surface area contributed by atoms with Crippen LogP contribution in [0.25, 0.3) is 0 Å². The lowest BCUT2D eigenvalue weighted by Gasteiger charge is -2.20. The Labute approximate surface area is 167 Å². The third-order valence-corrected chi connectivity index (χ3v) is 5.73. The molecule has 1 N–H and O–H groups in total. The number of amides is 2. The molecule has 0 unspecified atom stereocenters. The molecule has 3 rings (SSSR count). The summed E-state index contributed by atoms with van der Waals surface area (Å²) in [6.07, 6.45) is 0.122. The van der Waals surface area contributed by atoms with E-state index >= 15 is 0 Å². The Kier molecular flexibility index (Phi) is 5.55. The Morgan fingerprint density at radius 2 is 2.00 bits per heavy atom. The summed E-state index contributed by atoms with van der Waals surface area (Å²) in [6.45, 7) is 6.37. The molecule has 28 heavy (non-hydrogen) atoms. The maximum atomic E-state index is 12.7. The number of carbonyl (C=O) groups excluding carboxylic acids is 2. The van der Waals surface area contributed by atoms with Crippen molar-refractivity contribution in [3.8, 4) is 11.5 Å². The Bertz CT molecular complexity index is 890. The van der Waals surface area contributed by atoms with Crippen LogP contribution >= 0.6 is 11.3 Å². The van der Waals surface area contributed by atoms with E-state index in [2.05, 4.69) is 15.5 Å². The molecule has 8 nitrogen and oxygen atoms in total. The monoisotopic (exact) mass is 404 g/mol. The van der Waals surface area contributed by atoms with Gasteiger partial charge in [-0.05, 0) is 12.1 Å². The van der Waals surface area contributed by atoms with Crippen LogP contribution in [0.3, 0.4) is 0 Å². The first kappa shape index (κ1) is 20.1. The number of nitrogens with zero attached hydrogens (tertiary/aromatic N) is 3. The third kappa shape index (κ3) is 4.09. The highest BCUT2D eigenvalue weighted by atomic mass is 32.1. The van der Waals surface area contributed by atoms with Gasteiger partial charge in [-0.1, -0.05) is 32.1 Å². The number of aromatic nitrogens is 2. The van der Waals surface area contributed by atoms with Crippen molar-refractivity contribution in [3.05, 3.63) is 23.2 Å². The molecule has 2 heterocycles. The first-order valence-electron chi connectivity index (χ1n) is 8.90. The zero-order chi connectivity index (χ0) is 20.5. The Hall–Kier alpha value is -2.68. The molecule has 1 saturated heterocycles. The molecule has 9 heteroatoms. The summed E-state index contributed by atoms with van der Waals surface area (Å²) in [5.41, 5.74) is 0.456. The van der Waals surface area contributed by atoms with Crippen molar-refractivity contribution in [1.29, 1.82) is 0 Å². The van der Waals surface area contributed by atoms with Crippen LogP contribution in [0.2, 0.25) is 0 Å². The quantitative estimate of drug-likeness (QED) is 0.824. The predicted molar refractivity (Wildman–Crippen MR) is 107 cm³/mol. The zero-order valence-electron chi connectivity index (χ0n) is 16.6. The molecule has 0 aliphatic carbocycles. The number of methoxy groups -OCH3 is 2. The van der Waals surface area contributed by atoms with Gasteiger partial charge < -0.3 is 19.7 Å². The van der Waals surface area contributed by atoms with Gasteiger partial charge in [-0.15, -0.1) is 10.2 Å². The Balaban J connectivity index is 1.74. The van der Waals surface area contributed by atoms with Gasteiger partial charge in [0.1, 0.15) is 16.5 Å². The summed E-state index contributed by atoms with van der Waals surface area (Å²) in [5.74, 6) is 0.299. The topological polar surface area (TPSA) is 93.7 Å². The first-order valence-corrected chi connectivity index (χ1v) is 9.72. The highest BCUT2D eigenvalue weighted by Gasteiger charge is 2.37. The number of nitrogens with one attached hydrogen (secondary N) is 1. The standard InChI is InChI=1S/C19H24N4O4S/c1-19(2,3)17-21-22-18(28-17)20-16(25)11-8-15(24)23(10-11)13-9-12(26-4)6-7-14(13)27-5/h6-7,9,11H,8,10H2,1-5H3,(H,20,22,25)/t11-/m0/s1. The van der Waals surface area contributed by atoms with Crippen molar-refractivity contribution in [3.63, 3.8) is 0 Å². The van der Waals surface area contributed by atoms with Crippen LogP contribution in [-0.2, 0) is 15.0 Å². The predicted octanol–water partition coefficient (Wildman–Crippen LogP) is 2.84. The number of rotatable bonds is 5. The van der Waals surface area contributed by atoms with Crippen molar-refractivity contribution in [2.24, 2.45) is 5.92 Å². The van der Waals surface area contributed by atoms with Crippen molar-refractivity contribution >= 4 is 34.0 Å². The average Bonchev–Trinajstić information content (AvgIpc) is 3.27. The van der Waals surface area contributed by atoms with Crippen LogP contribution in [0.15, 0.2) is 18.2 Å². The lowest BCUT2D eigenvalue weighted by Crippen LogP contribution is -2.28. The summed E-state index contributed by atoms with van der Waals surface area (Å²) in [6, 6.07) is 5.23. The molecule has 2 aromatic rings. The molecule has 1 aliphatic rings. The van der Waals surface area contributed by atoms with Gasteiger partial charge in [-0.3, -0.25) is 9.59 Å². The second-order valence-corrected chi connectivity index (χ2v) is 8.57. The lowest BCUT2D eigenvalue weighted by atomic mass is 9.98. The van der Waals surface area contributed by atoms with Gasteiger partial charge in [-0.2, -0.15) is 0 Å². The highest BCUT2D eigenvalue weighted by molar-refractivity contribution is 7.15. The van der Waals surface area contributed by atoms with Gasteiger partial charge in [-0.25, -0.2) is 0 Å². The average molecular weight is 404 g/mol. The summed E-state index contributed by atoms with van der Waals surface area (Å²) < 4.78 is 10.6. The molecule has 150 valence electrons. The summed E-state index contributed by atoms with van der Waals surface area (Å²) in [4.78, 5) is 26.8. The number of carbonyl (C=O) groups is 2. The van der Waals surface area contributed by atoms with Gasteiger partial charge in [0.05, 0.1) is 25.8 Å². The third-order valence-electron chi connectivity index (χ3n) is 4.47. The second-order valence-electron chi connectivity index (χ2n) is 7.59. The van der Waals surface area contributed by atoms with Crippen LogP contribution in [-0.4, -0.2) is 42.8 Å². The van der Waals surface area contributed by atoms with Crippen molar-refractivity contribution in [2.75, 3.05) is 31.0 Å². The van der Waals surface area contributed by atoms with Gasteiger partial charge in [0.2, 0.25) is 16.9 Å². The van der Waals surface area contributed by atoms with Gasteiger partial charge in [0.25, 0.3) is 0 Å². The molecule has 1 aliphatic heterocycles. The maximum absolute atomic E-state index is 12.7. The largest absolute Gasteiger partial charge is 0.497 e. The minimum absolute atomic E-state index is 0.122. The smallest absolute Gasteiger partial charge is 0.231 e. The number of ether oxygens (including phenoxy) is 2. The summed E-state index contributed by atoms with van der Waals surface area (Å²) in [5, 5.41) is 12.3. The fraction of sp³-hybridized carbons (Fsp3) is 0.474. The van der Waals surface area contributed by atoms with E-state index in [1.54, 1.807) is 30.2 Å². The Morgan fingerprint density at radius 3 is 2.61 bits per heavy atom. The molecular formula is C19H24N4O4S. The number of benzene rings is 1. The second kappa shape index (κ2) is 7.75. The Morgan fingerprint density at radius 1 is 1.25 bits per heavy atom. The van der Waals surface area contributed by atoms with Crippen molar-refractivity contribution in [1.82, 2.24) is 10.2 Å².